The Morgan fingerprint density at radius 2 is 2.03 bits per heavy atom. The number of rotatable bonds is 1. The summed E-state index contributed by atoms with van der Waals surface area (Å²) < 4.78 is 6.47. The third kappa shape index (κ3) is 2.81. The minimum Gasteiger partial charge on any atom is -0.370 e. The number of dihydropyridines is 1. The van der Waals surface area contributed by atoms with Gasteiger partial charge in [0, 0.05) is 29.2 Å². The van der Waals surface area contributed by atoms with Crippen molar-refractivity contribution in [3.05, 3.63) is 22.7 Å². The van der Waals surface area contributed by atoms with Gasteiger partial charge in [-0.15, -0.1) is 5.11 Å². The molecule has 1 amide bonds. The lowest BCUT2D eigenvalue weighted by atomic mass is 9.61. The molecule has 1 N–H and O–H groups in total. The van der Waals surface area contributed by atoms with Crippen LogP contribution in [0, 0.1) is 22.7 Å². The van der Waals surface area contributed by atoms with Gasteiger partial charge in [-0.2, -0.15) is 5.11 Å². The SMILES string of the molecule is CC1CCC(C(=O)N2CC3(C2)CC2(CO3)C3=C(N=NC3)NC3=C2C(=O)CC(C)(C)C3)C1. The fourth-order valence-electron chi connectivity index (χ4n) is 7.05. The predicted octanol–water partition coefficient (Wildman–Crippen LogP) is 3.33. The quantitative estimate of drug-likeness (QED) is 0.700. The van der Waals surface area contributed by atoms with E-state index in [-0.39, 0.29) is 22.7 Å². The van der Waals surface area contributed by atoms with Crippen molar-refractivity contribution in [3.63, 3.8) is 0 Å². The highest BCUT2D eigenvalue weighted by Crippen LogP contribution is 2.58. The fourth-order valence-corrected chi connectivity index (χ4v) is 7.05. The zero-order valence-corrected chi connectivity index (χ0v) is 18.8. The molecule has 0 aromatic carbocycles. The Kier molecular flexibility index (Phi) is 3.98. The molecule has 2 spiro atoms. The number of ether oxygens (including phenoxy) is 1. The highest BCUT2D eigenvalue weighted by Gasteiger charge is 2.63. The van der Waals surface area contributed by atoms with Crippen LogP contribution in [0.15, 0.2) is 32.9 Å². The molecule has 31 heavy (non-hydrogen) atoms. The minimum atomic E-state index is -0.440. The summed E-state index contributed by atoms with van der Waals surface area (Å²) in [5.74, 6) is 2.17. The Morgan fingerprint density at radius 3 is 2.77 bits per heavy atom. The van der Waals surface area contributed by atoms with E-state index in [1.807, 2.05) is 4.90 Å². The molecule has 0 aromatic heterocycles. The third-order valence-electron chi connectivity index (χ3n) is 8.45. The van der Waals surface area contributed by atoms with Gasteiger partial charge >= 0.3 is 0 Å². The van der Waals surface area contributed by atoms with E-state index in [0.29, 0.717) is 44.5 Å². The van der Waals surface area contributed by atoms with Gasteiger partial charge in [0.15, 0.2) is 11.6 Å². The Bertz CT molecular complexity index is 971. The van der Waals surface area contributed by atoms with Crippen LogP contribution >= 0.6 is 0 Å². The second-order valence-electron chi connectivity index (χ2n) is 11.7. The smallest absolute Gasteiger partial charge is 0.225 e. The molecule has 2 saturated heterocycles. The zero-order valence-electron chi connectivity index (χ0n) is 18.8. The monoisotopic (exact) mass is 424 g/mol. The van der Waals surface area contributed by atoms with Crippen molar-refractivity contribution < 1.29 is 14.3 Å². The van der Waals surface area contributed by atoms with E-state index in [0.717, 1.165) is 54.8 Å². The molecule has 2 aliphatic carbocycles. The van der Waals surface area contributed by atoms with Crippen molar-refractivity contribution >= 4 is 11.7 Å². The second kappa shape index (κ2) is 6.27. The van der Waals surface area contributed by atoms with Crippen LogP contribution in [0.3, 0.4) is 0 Å². The molecule has 3 unspecified atom stereocenters. The third-order valence-corrected chi connectivity index (χ3v) is 8.45. The molecule has 7 heteroatoms. The molecule has 6 rings (SSSR count). The van der Waals surface area contributed by atoms with Crippen molar-refractivity contribution in [3.8, 4) is 0 Å². The normalized spacial score (nSPS) is 37.4. The molecule has 7 nitrogen and oxygen atoms in total. The van der Waals surface area contributed by atoms with Gasteiger partial charge in [0.25, 0.3) is 0 Å². The average Bonchev–Trinajstić information content (AvgIpc) is 3.37. The number of hydrogen-bond acceptors (Lipinski definition) is 6. The molecule has 166 valence electrons. The highest BCUT2D eigenvalue weighted by molar-refractivity contribution is 6.00. The number of hydrogen-bond donors (Lipinski definition) is 1. The van der Waals surface area contributed by atoms with Gasteiger partial charge in [-0.3, -0.25) is 9.59 Å². The first-order valence-electron chi connectivity index (χ1n) is 11.8. The zero-order chi connectivity index (χ0) is 21.6. The van der Waals surface area contributed by atoms with Crippen molar-refractivity contribution in [2.45, 2.75) is 64.9 Å². The minimum absolute atomic E-state index is 0.0623. The number of carbonyl (C=O) groups is 2. The van der Waals surface area contributed by atoms with Crippen LogP contribution in [0.2, 0.25) is 0 Å². The molecular weight excluding hydrogens is 392 g/mol. The molecule has 3 fully saturated rings. The number of carbonyl (C=O) groups excluding carboxylic acids is 2. The largest absolute Gasteiger partial charge is 0.370 e. The lowest BCUT2D eigenvalue weighted by Crippen LogP contribution is -2.64. The van der Waals surface area contributed by atoms with Crippen LogP contribution in [0.25, 0.3) is 0 Å². The van der Waals surface area contributed by atoms with Crippen LogP contribution in [-0.2, 0) is 14.3 Å². The number of likely N-dealkylation sites (tertiary alicyclic amines) is 1. The predicted molar refractivity (Wildman–Crippen MR) is 114 cm³/mol. The first-order chi connectivity index (χ1) is 14.7. The Hall–Kier alpha value is -2.02. The summed E-state index contributed by atoms with van der Waals surface area (Å²) in [6.45, 7) is 8.84. The molecular formula is C24H32N4O3. The van der Waals surface area contributed by atoms with Gasteiger partial charge in [0.2, 0.25) is 5.91 Å². The van der Waals surface area contributed by atoms with Crippen LogP contribution in [0.1, 0.15) is 59.3 Å². The van der Waals surface area contributed by atoms with Gasteiger partial charge in [-0.25, -0.2) is 0 Å². The number of fused-ring (bicyclic) bond motifs is 2. The van der Waals surface area contributed by atoms with Gasteiger partial charge in [-0.1, -0.05) is 20.8 Å². The van der Waals surface area contributed by atoms with E-state index in [9.17, 15) is 9.59 Å². The second-order valence-corrected chi connectivity index (χ2v) is 11.7. The molecule has 0 aromatic rings. The van der Waals surface area contributed by atoms with Gasteiger partial charge in [-0.05, 0) is 43.4 Å². The molecule has 6 aliphatic rings. The van der Waals surface area contributed by atoms with E-state index in [1.54, 1.807) is 0 Å². The summed E-state index contributed by atoms with van der Waals surface area (Å²) in [6, 6.07) is 0. The van der Waals surface area contributed by atoms with Gasteiger partial charge in [0.05, 0.1) is 31.7 Å². The van der Waals surface area contributed by atoms with E-state index in [4.69, 9.17) is 4.74 Å². The van der Waals surface area contributed by atoms with E-state index in [2.05, 4.69) is 36.3 Å². The topological polar surface area (TPSA) is 83.4 Å². The molecule has 4 heterocycles. The summed E-state index contributed by atoms with van der Waals surface area (Å²) >= 11 is 0. The van der Waals surface area contributed by atoms with Crippen LogP contribution in [0.5, 0.6) is 0 Å². The van der Waals surface area contributed by atoms with Gasteiger partial charge in [0.1, 0.15) is 5.60 Å². The van der Waals surface area contributed by atoms with E-state index in [1.165, 1.54) is 0 Å². The Labute approximate surface area is 183 Å². The first-order valence-corrected chi connectivity index (χ1v) is 11.8. The van der Waals surface area contributed by atoms with Crippen molar-refractivity contribution in [1.29, 1.82) is 0 Å². The number of allylic oxidation sites excluding steroid dienone is 1. The maximum Gasteiger partial charge on any atom is 0.225 e. The average molecular weight is 425 g/mol. The Balaban J connectivity index is 1.27. The van der Waals surface area contributed by atoms with Crippen molar-refractivity contribution in [1.82, 2.24) is 10.2 Å². The Morgan fingerprint density at radius 1 is 1.23 bits per heavy atom. The number of ketones is 1. The summed E-state index contributed by atoms with van der Waals surface area (Å²) in [5, 5.41) is 12.1. The molecule has 0 bridgehead atoms. The van der Waals surface area contributed by atoms with Gasteiger partial charge < -0.3 is 15.0 Å². The van der Waals surface area contributed by atoms with Crippen LogP contribution in [-0.4, -0.2) is 48.4 Å². The van der Waals surface area contributed by atoms with Crippen LogP contribution in [0.4, 0.5) is 0 Å². The standard InChI is InChI=1S/C24H32N4O3/c1-14-4-5-15(6-14)21(30)28-11-23(12-28)10-24(13-31-23)16-9-25-27-20(16)26-17-7-22(2,3)8-18(29)19(17)24/h14-15,26H,4-13H2,1-3H3. The van der Waals surface area contributed by atoms with Crippen molar-refractivity contribution in [2.75, 3.05) is 26.2 Å². The maximum atomic E-state index is 13.4. The lowest BCUT2D eigenvalue weighted by molar-refractivity contribution is -0.161. The number of Topliss-reactive ketones (excluding diaryl/α,β-unsaturated/α-hetero) is 1. The summed E-state index contributed by atoms with van der Waals surface area (Å²) in [5.41, 5.74) is 2.17. The number of azo groups is 1. The molecule has 1 saturated carbocycles. The first kappa shape index (κ1) is 19.6. The lowest BCUT2D eigenvalue weighted by Gasteiger charge is -2.49. The fraction of sp³-hybridized carbons (Fsp3) is 0.750. The summed E-state index contributed by atoms with van der Waals surface area (Å²) in [7, 11) is 0. The molecule has 4 aliphatic heterocycles. The van der Waals surface area contributed by atoms with E-state index < -0.39 is 5.41 Å². The number of nitrogens with zero attached hydrogens (tertiary/aromatic N) is 3. The molecule has 3 atom stereocenters. The summed E-state index contributed by atoms with van der Waals surface area (Å²) in [4.78, 5) is 28.3. The number of nitrogens with one attached hydrogen (secondary N) is 1. The van der Waals surface area contributed by atoms with Crippen molar-refractivity contribution in [2.24, 2.45) is 32.9 Å². The van der Waals surface area contributed by atoms with E-state index >= 15 is 0 Å². The number of amides is 1. The maximum absolute atomic E-state index is 13.4. The highest BCUT2D eigenvalue weighted by atomic mass is 16.5. The van der Waals surface area contributed by atoms with Crippen LogP contribution < -0.4 is 5.32 Å². The molecule has 0 radical (unpaired) electrons. The summed E-state index contributed by atoms with van der Waals surface area (Å²) in [6.07, 6.45) is 5.32.